The molecule has 0 bridgehead atoms. The van der Waals surface area contributed by atoms with Crippen LogP contribution in [-0.4, -0.2) is 25.0 Å². The molecule has 0 N–H and O–H groups in total. The van der Waals surface area contributed by atoms with E-state index < -0.39 is 0 Å². The standard InChI is InChI=1S/C16H16FN5O/c1-10-4-5-14(17)15(6-10)22-8-13(20-21-22)9-23-16-18-7-11(2)12(3)19-16/h4-8H,9H2,1-3H3. The molecule has 0 aliphatic rings. The lowest BCUT2D eigenvalue weighted by molar-refractivity contribution is 0.275. The number of halogens is 1. The molecule has 0 amide bonds. The van der Waals surface area contributed by atoms with Crippen molar-refractivity contribution in [3.8, 4) is 11.7 Å². The van der Waals surface area contributed by atoms with Gasteiger partial charge in [-0.2, -0.15) is 0 Å². The predicted octanol–water partition coefficient (Wildman–Crippen LogP) is 2.70. The highest BCUT2D eigenvalue weighted by atomic mass is 19.1. The van der Waals surface area contributed by atoms with Gasteiger partial charge in [0, 0.05) is 11.9 Å². The van der Waals surface area contributed by atoms with Gasteiger partial charge < -0.3 is 4.74 Å². The van der Waals surface area contributed by atoms with Crippen LogP contribution in [0.5, 0.6) is 6.01 Å². The number of ether oxygens (including phenoxy) is 1. The molecule has 7 heteroatoms. The van der Waals surface area contributed by atoms with Crippen molar-refractivity contribution in [2.75, 3.05) is 0 Å². The summed E-state index contributed by atoms with van der Waals surface area (Å²) >= 11 is 0. The highest BCUT2D eigenvalue weighted by molar-refractivity contribution is 5.36. The lowest BCUT2D eigenvalue weighted by Crippen LogP contribution is -2.01. The van der Waals surface area contributed by atoms with E-state index in [9.17, 15) is 4.39 Å². The Bertz CT molecular complexity index is 846. The fraction of sp³-hybridized carbons (Fsp3) is 0.250. The Morgan fingerprint density at radius 3 is 2.83 bits per heavy atom. The van der Waals surface area contributed by atoms with E-state index in [0.717, 1.165) is 16.8 Å². The summed E-state index contributed by atoms with van der Waals surface area (Å²) in [5, 5.41) is 7.92. The SMILES string of the molecule is Cc1ccc(F)c(-n2cc(COc3ncc(C)c(C)n3)nn2)c1. The third-order valence-corrected chi connectivity index (χ3v) is 3.44. The van der Waals surface area contributed by atoms with Gasteiger partial charge in [-0.1, -0.05) is 11.3 Å². The molecule has 1 aromatic carbocycles. The Morgan fingerprint density at radius 2 is 2.04 bits per heavy atom. The lowest BCUT2D eigenvalue weighted by Gasteiger charge is -2.04. The summed E-state index contributed by atoms with van der Waals surface area (Å²) < 4.78 is 20.7. The van der Waals surface area contributed by atoms with Crippen molar-refractivity contribution >= 4 is 0 Å². The van der Waals surface area contributed by atoms with Gasteiger partial charge >= 0.3 is 6.01 Å². The highest BCUT2D eigenvalue weighted by Crippen LogP contribution is 2.15. The molecule has 0 saturated heterocycles. The van der Waals surface area contributed by atoms with Crippen LogP contribution in [0.25, 0.3) is 5.69 Å². The van der Waals surface area contributed by atoms with Crippen LogP contribution in [-0.2, 0) is 6.61 Å². The molecular weight excluding hydrogens is 297 g/mol. The maximum Gasteiger partial charge on any atom is 0.316 e. The maximum atomic E-state index is 13.9. The number of hydrogen-bond acceptors (Lipinski definition) is 5. The minimum atomic E-state index is -0.356. The molecule has 0 unspecified atom stereocenters. The van der Waals surface area contributed by atoms with Crippen molar-refractivity contribution in [2.45, 2.75) is 27.4 Å². The summed E-state index contributed by atoms with van der Waals surface area (Å²) in [7, 11) is 0. The van der Waals surface area contributed by atoms with Crippen LogP contribution in [0.2, 0.25) is 0 Å². The first-order valence-electron chi connectivity index (χ1n) is 7.14. The van der Waals surface area contributed by atoms with Gasteiger partial charge in [0.1, 0.15) is 23.8 Å². The normalized spacial score (nSPS) is 10.8. The summed E-state index contributed by atoms with van der Waals surface area (Å²) in [6.45, 7) is 5.87. The molecule has 0 spiro atoms. The number of aryl methyl sites for hydroxylation is 3. The zero-order valence-electron chi connectivity index (χ0n) is 13.1. The van der Waals surface area contributed by atoms with Crippen molar-refractivity contribution in [3.05, 3.63) is 58.9 Å². The minimum Gasteiger partial charge on any atom is -0.457 e. The predicted molar refractivity (Wildman–Crippen MR) is 81.9 cm³/mol. The van der Waals surface area contributed by atoms with E-state index in [-0.39, 0.29) is 18.4 Å². The van der Waals surface area contributed by atoms with Gasteiger partial charge in [-0.25, -0.2) is 19.0 Å². The molecular formula is C16H16FN5O. The van der Waals surface area contributed by atoms with E-state index >= 15 is 0 Å². The second-order valence-corrected chi connectivity index (χ2v) is 5.32. The second-order valence-electron chi connectivity index (χ2n) is 5.32. The van der Waals surface area contributed by atoms with Gasteiger partial charge in [-0.15, -0.1) is 5.10 Å². The first kappa shape index (κ1) is 15.1. The lowest BCUT2D eigenvalue weighted by atomic mass is 10.2. The number of rotatable bonds is 4. The third-order valence-electron chi connectivity index (χ3n) is 3.44. The largest absolute Gasteiger partial charge is 0.457 e. The molecule has 0 radical (unpaired) electrons. The smallest absolute Gasteiger partial charge is 0.316 e. The Kier molecular flexibility index (Phi) is 4.01. The van der Waals surface area contributed by atoms with Crippen LogP contribution < -0.4 is 4.74 Å². The van der Waals surface area contributed by atoms with E-state index in [0.29, 0.717) is 11.4 Å². The Balaban J connectivity index is 1.74. The van der Waals surface area contributed by atoms with Crippen LogP contribution in [0.3, 0.4) is 0 Å². The zero-order valence-corrected chi connectivity index (χ0v) is 13.1. The summed E-state index contributed by atoms with van der Waals surface area (Å²) in [6.07, 6.45) is 3.33. The van der Waals surface area contributed by atoms with Crippen LogP contribution in [0, 0.1) is 26.6 Å². The van der Waals surface area contributed by atoms with Crippen molar-refractivity contribution in [3.63, 3.8) is 0 Å². The second kappa shape index (κ2) is 6.12. The molecule has 2 heterocycles. The monoisotopic (exact) mass is 313 g/mol. The van der Waals surface area contributed by atoms with Crippen LogP contribution in [0.15, 0.2) is 30.6 Å². The maximum absolute atomic E-state index is 13.9. The van der Waals surface area contributed by atoms with Gasteiger partial charge in [0.25, 0.3) is 0 Å². The third kappa shape index (κ3) is 3.33. The van der Waals surface area contributed by atoms with Crippen molar-refractivity contribution in [2.24, 2.45) is 0 Å². The van der Waals surface area contributed by atoms with E-state index in [4.69, 9.17) is 4.74 Å². The van der Waals surface area contributed by atoms with Gasteiger partial charge in [-0.05, 0) is 44.0 Å². The van der Waals surface area contributed by atoms with Gasteiger partial charge in [0.15, 0.2) is 0 Å². The fourth-order valence-electron chi connectivity index (χ4n) is 1.99. The molecule has 2 aromatic heterocycles. The number of aromatic nitrogens is 5. The Hall–Kier alpha value is -2.83. The number of benzene rings is 1. The van der Waals surface area contributed by atoms with E-state index in [1.807, 2.05) is 20.8 Å². The molecule has 3 aromatic rings. The molecule has 23 heavy (non-hydrogen) atoms. The van der Waals surface area contributed by atoms with Gasteiger partial charge in [-0.3, -0.25) is 0 Å². The van der Waals surface area contributed by atoms with Gasteiger partial charge in [0.2, 0.25) is 0 Å². The summed E-state index contributed by atoms with van der Waals surface area (Å²) in [5.74, 6) is -0.356. The first-order chi connectivity index (χ1) is 11.0. The molecule has 0 saturated carbocycles. The van der Waals surface area contributed by atoms with E-state index in [1.165, 1.54) is 10.7 Å². The van der Waals surface area contributed by atoms with Crippen molar-refractivity contribution in [1.82, 2.24) is 25.0 Å². The van der Waals surface area contributed by atoms with E-state index in [2.05, 4.69) is 20.3 Å². The molecule has 6 nitrogen and oxygen atoms in total. The summed E-state index contributed by atoms with van der Waals surface area (Å²) in [4.78, 5) is 8.33. The Labute approximate surface area is 133 Å². The van der Waals surface area contributed by atoms with Crippen molar-refractivity contribution in [1.29, 1.82) is 0 Å². The molecule has 0 aliphatic carbocycles. The van der Waals surface area contributed by atoms with Gasteiger partial charge in [0.05, 0.1) is 6.20 Å². The van der Waals surface area contributed by atoms with Crippen LogP contribution in [0.1, 0.15) is 22.5 Å². The topological polar surface area (TPSA) is 65.7 Å². The highest BCUT2D eigenvalue weighted by Gasteiger charge is 2.09. The van der Waals surface area contributed by atoms with Crippen molar-refractivity contribution < 1.29 is 9.13 Å². The minimum absolute atomic E-state index is 0.163. The quantitative estimate of drug-likeness (QED) is 0.741. The molecule has 0 aliphatic heterocycles. The molecule has 0 atom stereocenters. The summed E-state index contributed by atoms with van der Waals surface area (Å²) in [5.41, 5.74) is 3.72. The molecule has 118 valence electrons. The molecule has 3 rings (SSSR count). The van der Waals surface area contributed by atoms with Crippen LogP contribution >= 0.6 is 0 Å². The summed E-state index contributed by atoms with van der Waals surface area (Å²) in [6, 6.07) is 5.10. The average Bonchev–Trinajstić information content (AvgIpc) is 2.99. The van der Waals surface area contributed by atoms with Crippen LogP contribution in [0.4, 0.5) is 4.39 Å². The zero-order chi connectivity index (χ0) is 16.4. The first-order valence-corrected chi connectivity index (χ1v) is 7.14. The average molecular weight is 313 g/mol. The number of nitrogens with zero attached hydrogens (tertiary/aromatic N) is 5. The number of hydrogen-bond donors (Lipinski definition) is 0. The molecule has 0 fully saturated rings. The fourth-order valence-corrected chi connectivity index (χ4v) is 1.99. The van der Waals surface area contributed by atoms with E-state index in [1.54, 1.807) is 24.5 Å². The Morgan fingerprint density at radius 1 is 1.22 bits per heavy atom.